The van der Waals surface area contributed by atoms with Crippen molar-refractivity contribution in [3.63, 3.8) is 0 Å². The van der Waals surface area contributed by atoms with Crippen LogP contribution in [0.25, 0.3) is 11.1 Å². The van der Waals surface area contributed by atoms with Crippen molar-refractivity contribution in [2.45, 2.75) is 18.4 Å². The SMILES string of the molecule is O=C(N[C@@H](Cc1nccc(=O)[nH]1)C(=O)O)OCC1c2ccccc2-c2ccccc21. The smallest absolute Gasteiger partial charge is 0.407 e. The van der Waals surface area contributed by atoms with Gasteiger partial charge in [-0.25, -0.2) is 14.6 Å². The standard InChI is InChI=1S/C22H19N3O5/c26-20-9-10-23-19(25-20)11-18(21(27)28)24-22(29)30-12-17-15-7-3-1-5-13(15)14-6-2-4-8-16(14)17/h1-10,17-18H,11-12H2,(H,24,29)(H,27,28)(H,23,25,26)/t18-/m0/s1. The fourth-order valence-corrected chi connectivity index (χ4v) is 3.69. The highest BCUT2D eigenvalue weighted by molar-refractivity contribution is 5.81. The summed E-state index contributed by atoms with van der Waals surface area (Å²) in [6, 6.07) is 15.8. The summed E-state index contributed by atoms with van der Waals surface area (Å²) < 4.78 is 5.38. The lowest BCUT2D eigenvalue weighted by Crippen LogP contribution is -2.43. The summed E-state index contributed by atoms with van der Waals surface area (Å²) in [6.45, 7) is 0.0760. The minimum absolute atomic E-state index is 0.0760. The fraction of sp³-hybridized carbons (Fsp3) is 0.182. The summed E-state index contributed by atoms with van der Waals surface area (Å²) in [5.41, 5.74) is 3.93. The highest BCUT2D eigenvalue weighted by Crippen LogP contribution is 2.44. The van der Waals surface area contributed by atoms with Gasteiger partial charge in [0.25, 0.3) is 5.56 Å². The molecule has 8 nitrogen and oxygen atoms in total. The topological polar surface area (TPSA) is 121 Å². The summed E-state index contributed by atoms with van der Waals surface area (Å²) >= 11 is 0. The number of H-pyrrole nitrogens is 1. The first kappa shape index (κ1) is 19.4. The van der Waals surface area contributed by atoms with Crippen LogP contribution >= 0.6 is 0 Å². The lowest BCUT2D eigenvalue weighted by Gasteiger charge is -2.17. The first-order valence-corrected chi connectivity index (χ1v) is 9.41. The van der Waals surface area contributed by atoms with Gasteiger partial charge in [0, 0.05) is 24.6 Å². The van der Waals surface area contributed by atoms with Gasteiger partial charge < -0.3 is 20.1 Å². The number of benzene rings is 2. The second-order valence-electron chi connectivity index (χ2n) is 6.95. The number of nitrogens with zero attached hydrogens (tertiary/aromatic N) is 1. The summed E-state index contributed by atoms with van der Waals surface area (Å²) in [5, 5.41) is 11.7. The Balaban J connectivity index is 1.44. The number of carbonyl (C=O) groups is 2. The summed E-state index contributed by atoms with van der Waals surface area (Å²) in [5.74, 6) is -1.22. The maximum Gasteiger partial charge on any atom is 0.407 e. The van der Waals surface area contributed by atoms with Crippen molar-refractivity contribution < 1.29 is 19.4 Å². The fourth-order valence-electron chi connectivity index (χ4n) is 3.69. The molecule has 0 radical (unpaired) electrons. The van der Waals surface area contributed by atoms with Crippen molar-refractivity contribution >= 4 is 12.1 Å². The van der Waals surface area contributed by atoms with Crippen LogP contribution in [0.1, 0.15) is 22.9 Å². The van der Waals surface area contributed by atoms with Crippen molar-refractivity contribution in [3.05, 3.63) is 88.1 Å². The van der Waals surface area contributed by atoms with Crippen molar-refractivity contribution in [2.24, 2.45) is 0 Å². The molecule has 8 heteroatoms. The number of nitrogens with one attached hydrogen (secondary N) is 2. The monoisotopic (exact) mass is 405 g/mol. The van der Waals surface area contributed by atoms with Crippen LogP contribution in [-0.4, -0.2) is 39.8 Å². The molecule has 1 heterocycles. The highest BCUT2D eigenvalue weighted by Gasteiger charge is 2.29. The molecule has 152 valence electrons. The van der Waals surface area contributed by atoms with Gasteiger partial charge in [-0.15, -0.1) is 0 Å². The Morgan fingerprint density at radius 1 is 1.07 bits per heavy atom. The maximum absolute atomic E-state index is 12.3. The molecule has 1 amide bonds. The van der Waals surface area contributed by atoms with Gasteiger partial charge in [-0.1, -0.05) is 48.5 Å². The molecule has 3 N–H and O–H groups in total. The molecule has 2 aromatic carbocycles. The normalized spacial score (nSPS) is 13.2. The summed E-state index contributed by atoms with van der Waals surface area (Å²) in [7, 11) is 0. The second-order valence-corrected chi connectivity index (χ2v) is 6.95. The van der Waals surface area contributed by atoms with Crippen LogP contribution in [0, 0.1) is 0 Å². The quantitative estimate of drug-likeness (QED) is 0.579. The van der Waals surface area contributed by atoms with E-state index in [1.165, 1.54) is 12.3 Å². The lowest BCUT2D eigenvalue weighted by molar-refractivity contribution is -0.139. The van der Waals surface area contributed by atoms with E-state index in [0.29, 0.717) is 0 Å². The molecule has 0 bridgehead atoms. The zero-order valence-corrected chi connectivity index (χ0v) is 15.9. The Hall–Kier alpha value is -3.94. The largest absolute Gasteiger partial charge is 0.480 e. The molecule has 0 unspecified atom stereocenters. The number of aromatic nitrogens is 2. The van der Waals surface area contributed by atoms with Crippen molar-refractivity contribution in [1.82, 2.24) is 15.3 Å². The molecule has 0 fully saturated rings. The molecular formula is C22H19N3O5. The maximum atomic E-state index is 12.3. The number of ether oxygens (including phenoxy) is 1. The number of hydrogen-bond donors (Lipinski definition) is 3. The van der Waals surface area contributed by atoms with Gasteiger partial charge in [0.1, 0.15) is 18.5 Å². The minimum atomic E-state index is -1.29. The molecule has 3 aromatic rings. The van der Waals surface area contributed by atoms with Crippen LogP contribution in [0.15, 0.2) is 65.6 Å². The number of alkyl carbamates (subject to hydrolysis) is 1. The predicted molar refractivity (Wildman–Crippen MR) is 108 cm³/mol. The average molecular weight is 405 g/mol. The van der Waals surface area contributed by atoms with Crippen LogP contribution in [-0.2, 0) is 16.0 Å². The van der Waals surface area contributed by atoms with E-state index >= 15 is 0 Å². The zero-order valence-electron chi connectivity index (χ0n) is 15.9. The van der Waals surface area contributed by atoms with E-state index in [-0.39, 0.29) is 24.8 Å². The molecular weight excluding hydrogens is 386 g/mol. The first-order valence-electron chi connectivity index (χ1n) is 9.41. The molecule has 0 saturated carbocycles. The summed E-state index contributed by atoms with van der Waals surface area (Å²) in [6.07, 6.45) is 0.262. The number of aromatic amines is 1. The minimum Gasteiger partial charge on any atom is -0.480 e. The molecule has 1 aromatic heterocycles. The van der Waals surface area contributed by atoms with Crippen LogP contribution in [0.3, 0.4) is 0 Å². The number of carboxylic acids is 1. The molecule has 30 heavy (non-hydrogen) atoms. The number of amides is 1. The third-order valence-corrected chi connectivity index (χ3v) is 5.06. The van der Waals surface area contributed by atoms with Gasteiger partial charge in [0.15, 0.2) is 0 Å². The number of aliphatic carboxylic acids is 1. The molecule has 0 aliphatic heterocycles. The van der Waals surface area contributed by atoms with E-state index < -0.39 is 23.7 Å². The third kappa shape index (κ3) is 3.93. The molecule has 1 atom stereocenters. The number of hydrogen-bond acceptors (Lipinski definition) is 5. The van der Waals surface area contributed by atoms with E-state index in [2.05, 4.69) is 15.3 Å². The Labute approximate surface area is 171 Å². The van der Waals surface area contributed by atoms with Crippen LogP contribution in [0.5, 0.6) is 0 Å². The first-order chi connectivity index (χ1) is 14.5. The number of fused-ring (bicyclic) bond motifs is 3. The third-order valence-electron chi connectivity index (χ3n) is 5.06. The molecule has 4 rings (SSSR count). The highest BCUT2D eigenvalue weighted by atomic mass is 16.5. The molecule has 0 saturated heterocycles. The van der Waals surface area contributed by atoms with Gasteiger partial charge >= 0.3 is 12.1 Å². The second kappa shape index (κ2) is 8.20. The van der Waals surface area contributed by atoms with E-state index in [4.69, 9.17) is 4.74 Å². The molecule has 1 aliphatic carbocycles. The van der Waals surface area contributed by atoms with Gasteiger partial charge in [-0.3, -0.25) is 4.79 Å². The number of rotatable bonds is 6. The van der Waals surface area contributed by atoms with Gasteiger partial charge in [-0.2, -0.15) is 0 Å². The zero-order chi connectivity index (χ0) is 21.1. The summed E-state index contributed by atoms with van der Waals surface area (Å²) in [4.78, 5) is 41.5. The van der Waals surface area contributed by atoms with Crippen molar-refractivity contribution in [2.75, 3.05) is 6.61 Å². The number of carbonyl (C=O) groups excluding carboxylic acids is 1. The van der Waals surface area contributed by atoms with Crippen LogP contribution in [0.4, 0.5) is 4.79 Å². The van der Waals surface area contributed by atoms with Gasteiger partial charge in [-0.05, 0) is 22.3 Å². The lowest BCUT2D eigenvalue weighted by atomic mass is 9.98. The predicted octanol–water partition coefficient (Wildman–Crippen LogP) is 2.30. The van der Waals surface area contributed by atoms with E-state index in [0.717, 1.165) is 22.3 Å². The van der Waals surface area contributed by atoms with E-state index in [1.54, 1.807) is 0 Å². The Kier molecular flexibility index (Phi) is 5.30. The van der Waals surface area contributed by atoms with Gasteiger partial charge in [0.2, 0.25) is 0 Å². The number of carboxylic acid groups (broad SMARTS) is 1. The Morgan fingerprint density at radius 3 is 2.30 bits per heavy atom. The van der Waals surface area contributed by atoms with Crippen molar-refractivity contribution in [1.29, 1.82) is 0 Å². The Bertz CT molecular complexity index is 1110. The van der Waals surface area contributed by atoms with Gasteiger partial charge in [0.05, 0.1) is 0 Å². The Morgan fingerprint density at radius 2 is 1.70 bits per heavy atom. The van der Waals surface area contributed by atoms with Crippen LogP contribution in [0.2, 0.25) is 0 Å². The average Bonchev–Trinajstić information content (AvgIpc) is 3.06. The molecule has 1 aliphatic rings. The van der Waals surface area contributed by atoms with E-state index in [1.807, 2.05) is 48.5 Å². The van der Waals surface area contributed by atoms with Crippen LogP contribution < -0.4 is 10.9 Å². The molecule has 0 spiro atoms. The van der Waals surface area contributed by atoms with Crippen molar-refractivity contribution in [3.8, 4) is 11.1 Å². The van der Waals surface area contributed by atoms with E-state index in [9.17, 15) is 19.5 Å².